The van der Waals surface area contributed by atoms with Crippen LogP contribution in [0.1, 0.15) is 63.0 Å². The number of likely N-dealkylation sites (tertiary alicyclic amines) is 1. The Kier molecular flexibility index (Phi) is 5.69. The summed E-state index contributed by atoms with van der Waals surface area (Å²) >= 11 is 0. The lowest BCUT2D eigenvalue weighted by Gasteiger charge is -2.55. The minimum Gasteiger partial charge on any atom is -0.363 e. The third kappa shape index (κ3) is 3.71. The van der Waals surface area contributed by atoms with Crippen LogP contribution in [0.3, 0.4) is 0 Å². The molecule has 0 spiro atoms. The highest BCUT2D eigenvalue weighted by Crippen LogP contribution is 2.57. The minimum absolute atomic E-state index is 0. The van der Waals surface area contributed by atoms with Gasteiger partial charge in [-0.25, -0.2) is 4.98 Å². The van der Waals surface area contributed by atoms with E-state index in [0.717, 1.165) is 30.8 Å². The summed E-state index contributed by atoms with van der Waals surface area (Å²) in [5.41, 5.74) is 1.64. The standard InChI is InChI=1S/C19H28N4.2ClH/c1-3-23(4-2-17(1)18-11-20-12-21-18)13-22-19-8-14-5-15(9-19)7-16(6-14)10-19;;/h11-17H,1-10H2,(H,20,21);2*1H. The molecule has 0 unspecified atom stereocenters. The predicted octanol–water partition coefficient (Wildman–Crippen LogP) is 4.43. The van der Waals surface area contributed by atoms with E-state index in [1.54, 1.807) is 6.33 Å². The summed E-state index contributed by atoms with van der Waals surface area (Å²) in [5, 5.41) is 0. The van der Waals surface area contributed by atoms with Gasteiger partial charge in [0.15, 0.2) is 0 Å². The fraction of sp³-hybridized carbons (Fsp3) is 0.789. The normalized spacial score (nSPS) is 37.1. The lowest BCUT2D eigenvalue weighted by molar-refractivity contribution is 0.00138. The monoisotopic (exact) mass is 384 g/mol. The Balaban J connectivity index is 0.000000911. The summed E-state index contributed by atoms with van der Waals surface area (Å²) in [5.74, 6) is 3.63. The Bertz CT molecular complexity index is 543. The van der Waals surface area contributed by atoms with E-state index in [0.29, 0.717) is 11.5 Å². The number of halogens is 2. The van der Waals surface area contributed by atoms with Crippen LogP contribution in [0, 0.1) is 17.8 Å². The summed E-state index contributed by atoms with van der Waals surface area (Å²) in [6.45, 7) is 2.28. The summed E-state index contributed by atoms with van der Waals surface area (Å²) in [6.07, 6.45) is 17.1. The Morgan fingerprint density at radius 2 is 1.64 bits per heavy atom. The molecule has 0 atom stereocenters. The van der Waals surface area contributed by atoms with Gasteiger partial charge in [0.05, 0.1) is 18.2 Å². The number of nitrogens with zero attached hydrogens (tertiary/aromatic N) is 3. The second-order valence-corrected chi connectivity index (χ2v) is 8.70. The molecule has 6 rings (SSSR count). The highest BCUT2D eigenvalue weighted by Gasteiger charge is 2.50. The maximum Gasteiger partial charge on any atom is 0.0921 e. The third-order valence-corrected chi connectivity index (χ3v) is 6.99. The van der Waals surface area contributed by atoms with E-state index < -0.39 is 0 Å². The summed E-state index contributed by atoms with van der Waals surface area (Å²) < 4.78 is 0. The smallest absolute Gasteiger partial charge is 0.0921 e. The van der Waals surface area contributed by atoms with Crippen molar-refractivity contribution in [3.05, 3.63) is 18.2 Å². The van der Waals surface area contributed by atoms with E-state index in [4.69, 9.17) is 4.99 Å². The molecule has 0 aromatic carbocycles. The zero-order valence-corrected chi connectivity index (χ0v) is 16.4. The number of aliphatic imine (C=N–C) groups is 1. The Hall–Kier alpha value is -0.740. The van der Waals surface area contributed by atoms with Crippen molar-refractivity contribution in [2.45, 2.75) is 62.8 Å². The van der Waals surface area contributed by atoms with Crippen molar-refractivity contribution >= 4 is 31.2 Å². The number of hydrogen-bond acceptors (Lipinski definition) is 2. The molecule has 0 amide bonds. The first-order chi connectivity index (χ1) is 11.3. The number of nitrogens with one attached hydrogen (secondary N) is 1. The van der Waals surface area contributed by atoms with Crippen LogP contribution in [0.15, 0.2) is 17.5 Å². The number of rotatable bonds is 3. The average molecular weight is 385 g/mol. The van der Waals surface area contributed by atoms with Crippen molar-refractivity contribution in [1.82, 2.24) is 14.9 Å². The Labute approximate surface area is 163 Å². The van der Waals surface area contributed by atoms with Gasteiger partial charge in [-0.15, -0.1) is 24.8 Å². The minimum atomic E-state index is 0. The van der Waals surface area contributed by atoms with Crippen molar-refractivity contribution in [2.75, 3.05) is 13.1 Å². The van der Waals surface area contributed by atoms with Crippen LogP contribution in [-0.2, 0) is 0 Å². The molecule has 5 aliphatic rings. The maximum atomic E-state index is 5.21. The highest BCUT2D eigenvalue weighted by molar-refractivity contribution is 5.85. The third-order valence-electron chi connectivity index (χ3n) is 6.99. The first-order valence-corrected chi connectivity index (χ1v) is 9.56. The molecule has 5 fully saturated rings. The molecule has 25 heavy (non-hydrogen) atoms. The van der Waals surface area contributed by atoms with Crippen molar-refractivity contribution in [3.63, 3.8) is 0 Å². The van der Waals surface area contributed by atoms with Crippen LogP contribution in [0.5, 0.6) is 0 Å². The van der Waals surface area contributed by atoms with Crippen LogP contribution >= 0.6 is 24.8 Å². The molecule has 1 aromatic rings. The van der Waals surface area contributed by atoms with Gasteiger partial charge in [-0.3, -0.25) is 4.99 Å². The van der Waals surface area contributed by atoms with Crippen molar-refractivity contribution in [3.8, 4) is 0 Å². The first-order valence-electron chi connectivity index (χ1n) is 9.56. The van der Waals surface area contributed by atoms with Crippen LogP contribution < -0.4 is 0 Å². The molecular formula is C19H30Cl2N4. The topological polar surface area (TPSA) is 44.3 Å². The van der Waals surface area contributed by atoms with Gasteiger partial charge in [-0.1, -0.05) is 0 Å². The number of imidazole rings is 1. The Morgan fingerprint density at radius 1 is 1.04 bits per heavy atom. The van der Waals surface area contributed by atoms with Crippen molar-refractivity contribution in [2.24, 2.45) is 22.7 Å². The molecular weight excluding hydrogens is 355 g/mol. The molecule has 1 N–H and O–H groups in total. The SMILES string of the molecule is C(=NC12CC3CC(CC(C3)C1)C2)N1CCC(c2cnc[nH]2)CC1.Cl.Cl. The lowest BCUT2D eigenvalue weighted by Crippen LogP contribution is -2.49. The zero-order valence-electron chi connectivity index (χ0n) is 14.8. The number of H-pyrrole nitrogens is 1. The predicted molar refractivity (Wildman–Crippen MR) is 106 cm³/mol. The van der Waals surface area contributed by atoms with Gasteiger partial charge < -0.3 is 9.88 Å². The second-order valence-electron chi connectivity index (χ2n) is 8.70. The van der Waals surface area contributed by atoms with Crippen molar-refractivity contribution < 1.29 is 0 Å². The quantitative estimate of drug-likeness (QED) is 0.618. The summed E-state index contributed by atoms with van der Waals surface area (Å²) in [7, 11) is 0. The van der Waals surface area contributed by atoms with Crippen molar-refractivity contribution in [1.29, 1.82) is 0 Å². The average Bonchev–Trinajstić information content (AvgIpc) is 3.07. The molecule has 6 heteroatoms. The van der Waals surface area contributed by atoms with Crippen LogP contribution in [0.25, 0.3) is 0 Å². The van der Waals surface area contributed by atoms with Gasteiger partial charge in [0.1, 0.15) is 0 Å². The maximum absolute atomic E-state index is 5.21. The van der Waals surface area contributed by atoms with E-state index in [-0.39, 0.29) is 24.8 Å². The van der Waals surface area contributed by atoms with E-state index in [2.05, 4.69) is 21.2 Å². The van der Waals surface area contributed by atoms with Gasteiger partial charge in [0.25, 0.3) is 0 Å². The first kappa shape index (κ1) is 19.0. The molecule has 2 heterocycles. The van der Waals surface area contributed by atoms with Gasteiger partial charge in [-0.2, -0.15) is 0 Å². The molecule has 1 aromatic heterocycles. The molecule has 1 aliphatic heterocycles. The van der Waals surface area contributed by atoms with Gasteiger partial charge in [-0.05, 0) is 69.1 Å². The van der Waals surface area contributed by atoms with Gasteiger partial charge in [0.2, 0.25) is 0 Å². The largest absolute Gasteiger partial charge is 0.363 e. The number of piperidine rings is 1. The highest BCUT2D eigenvalue weighted by atomic mass is 35.5. The molecule has 4 bridgehead atoms. The summed E-state index contributed by atoms with van der Waals surface area (Å²) in [6, 6.07) is 0. The number of hydrogen-bond donors (Lipinski definition) is 1. The van der Waals surface area contributed by atoms with Crippen LogP contribution in [0.2, 0.25) is 0 Å². The van der Waals surface area contributed by atoms with E-state index in [1.165, 1.54) is 57.1 Å². The molecule has 4 aliphatic carbocycles. The molecule has 4 nitrogen and oxygen atoms in total. The molecule has 0 radical (unpaired) electrons. The fourth-order valence-electron chi connectivity index (χ4n) is 6.24. The number of aromatic amines is 1. The van der Waals surface area contributed by atoms with E-state index in [1.807, 2.05) is 6.20 Å². The number of aromatic nitrogens is 2. The lowest BCUT2D eigenvalue weighted by atomic mass is 9.53. The van der Waals surface area contributed by atoms with E-state index >= 15 is 0 Å². The Morgan fingerprint density at radius 3 is 2.16 bits per heavy atom. The second kappa shape index (κ2) is 7.48. The fourth-order valence-corrected chi connectivity index (χ4v) is 6.24. The van der Waals surface area contributed by atoms with Gasteiger partial charge >= 0.3 is 0 Å². The van der Waals surface area contributed by atoms with Gasteiger partial charge in [0, 0.05) is 30.9 Å². The van der Waals surface area contributed by atoms with Crippen LogP contribution in [0.4, 0.5) is 0 Å². The van der Waals surface area contributed by atoms with Crippen LogP contribution in [-0.4, -0.2) is 39.8 Å². The van der Waals surface area contributed by atoms with E-state index in [9.17, 15) is 0 Å². The molecule has 1 saturated heterocycles. The zero-order chi connectivity index (χ0) is 15.3. The molecule has 4 saturated carbocycles. The summed E-state index contributed by atoms with van der Waals surface area (Å²) in [4.78, 5) is 15.1. The molecule has 140 valence electrons.